The Bertz CT molecular complexity index is 719. The van der Waals surface area contributed by atoms with Crippen molar-refractivity contribution in [2.24, 2.45) is 4.99 Å². The molecule has 0 radical (unpaired) electrons. The monoisotopic (exact) mass is 306 g/mol. The number of nitrogens with zero attached hydrogens (tertiary/aromatic N) is 2. The summed E-state index contributed by atoms with van der Waals surface area (Å²) in [4.78, 5) is 19.7. The Morgan fingerprint density at radius 1 is 1.00 bits per heavy atom. The molecule has 6 heteroatoms. The van der Waals surface area contributed by atoms with Crippen molar-refractivity contribution >= 4 is 17.2 Å². The molecule has 0 unspecified atom stereocenters. The third kappa shape index (κ3) is 3.78. The van der Waals surface area contributed by atoms with E-state index in [2.05, 4.69) is 9.98 Å². The first-order valence-corrected chi connectivity index (χ1v) is 6.48. The summed E-state index contributed by atoms with van der Waals surface area (Å²) in [6.45, 7) is 3.10. The van der Waals surface area contributed by atoms with Gasteiger partial charge in [0.05, 0.1) is 22.7 Å². The summed E-state index contributed by atoms with van der Waals surface area (Å²) in [7, 11) is 0. The Hall–Kier alpha value is -2.50. The molecule has 2 aromatic rings. The minimum Gasteiger partial charge on any atom is -0.293 e. The average molecular weight is 306 g/mol. The molecule has 0 fully saturated rings. The van der Waals surface area contributed by atoms with Crippen LogP contribution in [0.15, 0.2) is 47.5 Å². The molecule has 0 spiro atoms. The zero-order chi connectivity index (χ0) is 16.3. The quantitative estimate of drug-likeness (QED) is 0.621. The highest BCUT2D eigenvalue weighted by Gasteiger charge is 2.29. The highest BCUT2D eigenvalue weighted by molar-refractivity contribution is 6.00. The van der Waals surface area contributed by atoms with Gasteiger partial charge >= 0.3 is 6.18 Å². The predicted molar refractivity (Wildman–Crippen MR) is 77.6 cm³/mol. The smallest absolute Gasteiger partial charge is 0.293 e. The number of alkyl halides is 3. The average Bonchev–Trinajstić information content (AvgIpc) is 2.47. The van der Waals surface area contributed by atoms with Gasteiger partial charge in [-0.3, -0.25) is 9.79 Å². The minimum absolute atomic E-state index is 0.163. The summed E-state index contributed by atoms with van der Waals surface area (Å²) in [5.74, 6) is -0.163. The fourth-order valence-electron chi connectivity index (χ4n) is 1.81. The molecule has 22 heavy (non-hydrogen) atoms. The van der Waals surface area contributed by atoms with Crippen LogP contribution in [0.5, 0.6) is 0 Å². The Balaban J connectivity index is 2.29. The van der Waals surface area contributed by atoms with Gasteiger partial charge in [-0.15, -0.1) is 0 Å². The first-order chi connectivity index (χ1) is 10.3. The molecule has 2 rings (SSSR count). The molecule has 0 saturated heterocycles. The zero-order valence-electron chi connectivity index (χ0n) is 12.0. The fourth-order valence-corrected chi connectivity index (χ4v) is 1.81. The van der Waals surface area contributed by atoms with Crippen LogP contribution in [-0.2, 0) is 6.18 Å². The van der Waals surface area contributed by atoms with E-state index in [4.69, 9.17) is 0 Å². The van der Waals surface area contributed by atoms with Crippen LogP contribution < -0.4 is 0 Å². The molecule has 1 heterocycles. The lowest BCUT2D eigenvalue weighted by Crippen LogP contribution is -2.04. The Labute approximate surface area is 125 Å². The molecule has 0 N–H and O–H groups in total. The lowest BCUT2D eigenvalue weighted by Gasteiger charge is -2.06. The molecule has 1 aromatic heterocycles. The van der Waals surface area contributed by atoms with Crippen LogP contribution in [0.3, 0.4) is 0 Å². The van der Waals surface area contributed by atoms with Gasteiger partial charge in [0.1, 0.15) is 5.69 Å². The molecule has 0 atom stereocenters. The maximum Gasteiger partial charge on any atom is 0.416 e. The molecule has 0 saturated carbocycles. The van der Waals surface area contributed by atoms with E-state index < -0.39 is 11.7 Å². The number of carbonyl (C=O) groups excluding carboxylic acids is 1. The van der Waals surface area contributed by atoms with Crippen LogP contribution in [0.4, 0.5) is 18.9 Å². The maximum absolute atomic E-state index is 12.5. The van der Waals surface area contributed by atoms with Gasteiger partial charge in [0.2, 0.25) is 0 Å². The second-order valence-electron chi connectivity index (χ2n) is 4.71. The molecule has 1 aromatic carbocycles. The SMILES string of the molecule is CC(=O)c1cccc(/C(C)=N/c2ccc(C(F)(F)F)cc2)n1. The first kappa shape index (κ1) is 15.9. The van der Waals surface area contributed by atoms with Crippen LogP contribution in [0.1, 0.15) is 35.6 Å². The van der Waals surface area contributed by atoms with E-state index >= 15 is 0 Å². The van der Waals surface area contributed by atoms with Gasteiger partial charge in [-0.05, 0) is 43.3 Å². The molecular formula is C16H13F3N2O. The van der Waals surface area contributed by atoms with Crippen LogP contribution in [0.2, 0.25) is 0 Å². The molecule has 0 aliphatic heterocycles. The number of aliphatic imine (C=N–C) groups is 1. The zero-order valence-corrected chi connectivity index (χ0v) is 12.0. The minimum atomic E-state index is -4.37. The summed E-state index contributed by atoms with van der Waals surface area (Å²) in [5.41, 5.74) is 1.01. The van der Waals surface area contributed by atoms with Crippen LogP contribution in [-0.4, -0.2) is 16.5 Å². The molecule has 0 aliphatic rings. The third-order valence-corrected chi connectivity index (χ3v) is 2.97. The van der Waals surface area contributed by atoms with E-state index in [1.165, 1.54) is 19.1 Å². The summed E-state index contributed by atoms with van der Waals surface area (Å²) in [5, 5.41) is 0. The van der Waals surface area contributed by atoms with E-state index in [-0.39, 0.29) is 5.78 Å². The number of carbonyl (C=O) groups is 1. The van der Waals surface area contributed by atoms with E-state index in [1.807, 2.05) is 0 Å². The number of ketones is 1. The van der Waals surface area contributed by atoms with Gasteiger partial charge in [0, 0.05) is 6.92 Å². The van der Waals surface area contributed by atoms with Crippen LogP contribution >= 0.6 is 0 Å². The second kappa shape index (κ2) is 6.09. The van der Waals surface area contributed by atoms with Crippen molar-refractivity contribution in [1.29, 1.82) is 0 Å². The van der Waals surface area contributed by atoms with E-state index in [0.29, 0.717) is 22.8 Å². The van der Waals surface area contributed by atoms with Crippen molar-refractivity contribution in [3.8, 4) is 0 Å². The van der Waals surface area contributed by atoms with Crippen molar-refractivity contribution in [3.63, 3.8) is 0 Å². The van der Waals surface area contributed by atoms with E-state index in [1.54, 1.807) is 25.1 Å². The van der Waals surface area contributed by atoms with Gasteiger partial charge in [-0.1, -0.05) is 6.07 Å². The fraction of sp³-hybridized carbons (Fsp3) is 0.188. The Morgan fingerprint density at radius 3 is 2.14 bits per heavy atom. The van der Waals surface area contributed by atoms with Crippen molar-refractivity contribution in [1.82, 2.24) is 4.98 Å². The normalized spacial score (nSPS) is 12.3. The molecule has 3 nitrogen and oxygen atoms in total. The first-order valence-electron chi connectivity index (χ1n) is 6.48. The number of pyridine rings is 1. The Kier molecular flexibility index (Phi) is 4.40. The molecule has 114 valence electrons. The standard InChI is InChI=1S/C16H13F3N2O/c1-10(14-4-3-5-15(21-14)11(2)22)20-13-8-6-12(7-9-13)16(17,18)19/h3-9H,1-2H3/b20-10+. The van der Waals surface area contributed by atoms with Crippen molar-refractivity contribution in [2.45, 2.75) is 20.0 Å². The lowest BCUT2D eigenvalue weighted by atomic mass is 10.2. The number of hydrogen-bond acceptors (Lipinski definition) is 3. The van der Waals surface area contributed by atoms with E-state index in [0.717, 1.165) is 12.1 Å². The molecule has 0 amide bonds. The maximum atomic E-state index is 12.5. The third-order valence-electron chi connectivity index (χ3n) is 2.97. The highest BCUT2D eigenvalue weighted by Crippen LogP contribution is 2.30. The Morgan fingerprint density at radius 2 is 1.59 bits per heavy atom. The highest BCUT2D eigenvalue weighted by atomic mass is 19.4. The largest absolute Gasteiger partial charge is 0.416 e. The molecule has 0 aliphatic carbocycles. The number of aromatic nitrogens is 1. The van der Waals surface area contributed by atoms with Gasteiger partial charge < -0.3 is 0 Å². The summed E-state index contributed by atoms with van der Waals surface area (Å²) < 4.78 is 37.5. The number of Topliss-reactive ketones (excluding diaryl/α,β-unsaturated/α-hetero) is 1. The van der Waals surface area contributed by atoms with Crippen molar-refractivity contribution in [3.05, 3.63) is 59.4 Å². The predicted octanol–water partition coefficient (Wildman–Crippen LogP) is 4.44. The van der Waals surface area contributed by atoms with E-state index in [9.17, 15) is 18.0 Å². The van der Waals surface area contributed by atoms with Gasteiger partial charge in [-0.2, -0.15) is 13.2 Å². The summed E-state index contributed by atoms with van der Waals surface area (Å²) in [6.07, 6.45) is -4.37. The molecule has 0 bridgehead atoms. The van der Waals surface area contributed by atoms with Crippen LogP contribution in [0.25, 0.3) is 0 Å². The number of rotatable bonds is 3. The lowest BCUT2D eigenvalue weighted by molar-refractivity contribution is -0.137. The van der Waals surface area contributed by atoms with Gasteiger partial charge in [0.25, 0.3) is 0 Å². The number of benzene rings is 1. The van der Waals surface area contributed by atoms with Crippen LogP contribution in [0, 0.1) is 0 Å². The number of halogens is 3. The number of hydrogen-bond donors (Lipinski definition) is 0. The van der Waals surface area contributed by atoms with Crippen molar-refractivity contribution in [2.75, 3.05) is 0 Å². The summed E-state index contributed by atoms with van der Waals surface area (Å²) in [6, 6.07) is 9.51. The van der Waals surface area contributed by atoms with Gasteiger partial charge in [-0.25, -0.2) is 4.98 Å². The summed E-state index contributed by atoms with van der Waals surface area (Å²) >= 11 is 0. The molecular weight excluding hydrogens is 293 g/mol. The topological polar surface area (TPSA) is 42.3 Å². The van der Waals surface area contributed by atoms with Gasteiger partial charge in [0.15, 0.2) is 5.78 Å². The van der Waals surface area contributed by atoms with Crippen molar-refractivity contribution < 1.29 is 18.0 Å². The second-order valence-corrected chi connectivity index (χ2v) is 4.71.